The molecule has 0 unspecified atom stereocenters. The summed E-state index contributed by atoms with van der Waals surface area (Å²) < 4.78 is 43.7. The highest BCUT2D eigenvalue weighted by Crippen LogP contribution is 2.32. The Balaban J connectivity index is 1.49. The quantitative estimate of drug-likeness (QED) is 0.650. The van der Waals surface area contributed by atoms with Gasteiger partial charge in [-0.3, -0.25) is 4.90 Å². The number of nitrogens with zero attached hydrogens (tertiary/aromatic N) is 3. The predicted molar refractivity (Wildman–Crippen MR) is 114 cm³/mol. The molecular formula is C23H24F3N3O2. The van der Waals surface area contributed by atoms with Crippen LogP contribution in [0.2, 0.25) is 0 Å². The Labute approximate surface area is 178 Å². The van der Waals surface area contributed by atoms with Gasteiger partial charge in [-0.15, -0.1) is 0 Å². The van der Waals surface area contributed by atoms with E-state index < -0.39 is 11.7 Å². The van der Waals surface area contributed by atoms with Gasteiger partial charge < -0.3 is 14.7 Å². The average Bonchev–Trinajstić information content (AvgIpc) is 3.00. The van der Waals surface area contributed by atoms with Gasteiger partial charge in [0, 0.05) is 44.5 Å². The molecule has 2 heterocycles. The Morgan fingerprint density at radius 3 is 2.55 bits per heavy atom. The van der Waals surface area contributed by atoms with Crippen LogP contribution < -0.4 is 9.64 Å². The lowest BCUT2D eigenvalue weighted by Gasteiger charge is -2.23. The van der Waals surface area contributed by atoms with Crippen LogP contribution >= 0.6 is 0 Å². The van der Waals surface area contributed by atoms with E-state index in [1.807, 2.05) is 29.2 Å². The molecule has 1 aromatic heterocycles. The van der Waals surface area contributed by atoms with Crippen molar-refractivity contribution >= 4 is 16.6 Å². The topological polar surface area (TPSA) is 48.8 Å². The van der Waals surface area contributed by atoms with Gasteiger partial charge in [0.1, 0.15) is 17.3 Å². The molecule has 0 amide bonds. The van der Waals surface area contributed by atoms with Crippen molar-refractivity contribution in [1.82, 2.24) is 9.88 Å². The number of ether oxygens (including phenoxy) is 1. The number of hydrogen-bond acceptors (Lipinski definition) is 5. The van der Waals surface area contributed by atoms with Crippen molar-refractivity contribution in [3.63, 3.8) is 0 Å². The second-order valence-corrected chi connectivity index (χ2v) is 7.67. The van der Waals surface area contributed by atoms with Gasteiger partial charge in [0.15, 0.2) is 0 Å². The number of fused-ring (bicyclic) bond motifs is 1. The van der Waals surface area contributed by atoms with Gasteiger partial charge in [0.25, 0.3) is 0 Å². The van der Waals surface area contributed by atoms with Gasteiger partial charge in [0.05, 0.1) is 12.7 Å². The number of hydrogen-bond donors (Lipinski definition) is 1. The summed E-state index contributed by atoms with van der Waals surface area (Å²) in [5, 5.41) is 12.5. The lowest BCUT2D eigenvalue weighted by molar-refractivity contribution is -0.137. The number of alkyl halides is 3. The molecule has 0 atom stereocenters. The maximum absolute atomic E-state index is 12.8. The zero-order valence-corrected chi connectivity index (χ0v) is 17.2. The van der Waals surface area contributed by atoms with Gasteiger partial charge in [-0.25, -0.2) is 4.98 Å². The van der Waals surface area contributed by atoms with Crippen molar-refractivity contribution in [2.45, 2.75) is 19.1 Å². The standard InChI is InChI=1S/C23H24F3N3O2/c1-31-18-6-3-16-4-7-21(30)20(19(16)13-18)15-28-9-2-10-29(12-11-28)22-8-5-17(14-27-22)23(24,25)26/h3-8,13-14,30H,2,9-12,15H2,1H3. The molecule has 1 saturated heterocycles. The second-order valence-electron chi connectivity index (χ2n) is 7.67. The number of halogens is 3. The number of aromatic nitrogens is 1. The first kappa shape index (κ1) is 21.2. The van der Waals surface area contributed by atoms with Crippen LogP contribution in [0.5, 0.6) is 11.5 Å². The van der Waals surface area contributed by atoms with Crippen molar-refractivity contribution in [2.24, 2.45) is 0 Å². The lowest BCUT2D eigenvalue weighted by Crippen LogP contribution is -2.31. The van der Waals surface area contributed by atoms with E-state index in [4.69, 9.17) is 4.74 Å². The summed E-state index contributed by atoms with van der Waals surface area (Å²) in [7, 11) is 1.61. The monoisotopic (exact) mass is 431 g/mol. The third-order valence-corrected chi connectivity index (χ3v) is 5.68. The lowest BCUT2D eigenvalue weighted by atomic mass is 10.0. The summed E-state index contributed by atoms with van der Waals surface area (Å²) in [5.41, 5.74) is 0.104. The number of benzene rings is 2. The highest BCUT2D eigenvalue weighted by atomic mass is 19.4. The first-order chi connectivity index (χ1) is 14.8. The molecule has 1 aliphatic rings. The van der Waals surface area contributed by atoms with E-state index in [1.165, 1.54) is 6.07 Å². The van der Waals surface area contributed by atoms with Crippen LogP contribution in [0.1, 0.15) is 17.5 Å². The van der Waals surface area contributed by atoms with E-state index in [9.17, 15) is 18.3 Å². The fourth-order valence-corrected chi connectivity index (χ4v) is 3.97. The minimum atomic E-state index is -4.38. The highest BCUT2D eigenvalue weighted by molar-refractivity contribution is 5.89. The minimum absolute atomic E-state index is 0.242. The second kappa shape index (κ2) is 8.63. The Kier molecular flexibility index (Phi) is 5.91. The van der Waals surface area contributed by atoms with Gasteiger partial charge in [-0.1, -0.05) is 12.1 Å². The number of anilines is 1. The summed E-state index contributed by atoms with van der Waals surface area (Å²) in [4.78, 5) is 8.28. The number of rotatable bonds is 4. The molecule has 1 aliphatic heterocycles. The fourth-order valence-electron chi connectivity index (χ4n) is 3.97. The van der Waals surface area contributed by atoms with Gasteiger partial charge in [0.2, 0.25) is 0 Å². The summed E-state index contributed by atoms with van der Waals surface area (Å²) in [6.07, 6.45) is -2.65. The molecule has 0 bridgehead atoms. The van der Waals surface area contributed by atoms with E-state index in [1.54, 1.807) is 13.2 Å². The largest absolute Gasteiger partial charge is 0.508 e. The van der Waals surface area contributed by atoms with Crippen LogP contribution in [-0.4, -0.2) is 48.3 Å². The van der Waals surface area contributed by atoms with E-state index in [-0.39, 0.29) is 5.75 Å². The minimum Gasteiger partial charge on any atom is -0.508 e. The zero-order valence-electron chi connectivity index (χ0n) is 17.2. The van der Waals surface area contributed by atoms with Crippen LogP contribution in [0.4, 0.5) is 19.0 Å². The average molecular weight is 431 g/mol. The zero-order chi connectivity index (χ0) is 22.0. The summed E-state index contributed by atoms with van der Waals surface area (Å²) >= 11 is 0. The molecule has 0 saturated carbocycles. The molecular weight excluding hydrogens is 407 g/mol. The number of phenolic OH excluding ortho intramolecular Hbond substituents is 1. The van der Waals surface area contributed by atoms with Crippen molar-refractivity contribution in [1.29, 1.82) is 0 Å². The molecule has 164 valence electrons. The first-order valence-electron chi connectivity index (χ1n) is 10.1. The molecule has 1 N–H and O–H groups in total. The van der Waals surface area contributed by atoms with Crippen LogP contribution in [0, 0.1) is 0 Å². The van der Waals surface area contributed by atoms with Crippen molar-refractivity contribution in [3.05, 3.63) is 59.8 Å². The number of phenols is 1. The molecule has 5 nitrogen and oxygen atoms in total. The molecule has 4 rings (SSSR count). The van der Waals surface area contributed by atoms with E-state index >= 15 is 0 Å². The SMILES string of the molecule is COc1ccc2ccc(O)c(CN3CCCN(c4ccc(C(F)(F)F)cn4)CC3)c2c1. The molecule has 0 spiro atoms. The first-order valence-corrected chi connectivity index (χ1v) is 10.1. The van der Waals surface area contributed by atoms with Crippen LogP contribution in [0.3, 0.4) is 0 Å². The normalized spacial score (nSPS) is 15.8. The summed E-state index contributed by atoms with van der Waals surface area (Å²) in [5.74, 6) is 1.52. The predicted octanol–water partition coefficient (Wildman–Crippen LogP) is 4.68. The fraction of sp³-hybridized carbons (Fsp3) is 0.348. The van der Waals surface area contributed by atoms with Crippen molar-refractivity contribution in [2.75, 3.05) is 38.2 Å². The van der Waals surface area contributed by atoms with Crippen LogP contribution in [0.15, 0.2) is 48.7 Å². The number of pyridine rings is 1. The summed E-state index contributed by atoms with van der Waals surface area (Å²) in [6, 6.07) is 11.9. The molecule has 3 aromatic rings. The van der Waals surface area contributed by atoms with Gasteiger partial charge in [-0.05, 0) is 47.5 Å². The molecule has 31 heavy (non-hydrogen) atoms. The Bertz CT molecular complexity index is 1050. The Morgan fingerprint density at radius 1 is 1.03 bits per heavy atom. The van der Waals surface area contributed by atoms with Crippen molar-refractivity contribution < 1.29 is 23.0 Å². The molecule has 8 heteroatoms. The Morgan fingerprint density at radius 2 is 1.84 bits per heavy atom. The maximum Gasteiger partial charge on any atom is 0.417 e. The van der Waals surface area contributed by atoms with Crippen LogP contribution in [-0.2, 0) is 12.7 Å². The number of methoxy groups -OCH3 is 1. The van der Waals surface area contributed by atoms with Gasteiger partial charge in [-0.2, -0.15) is 13.2 Å². The molecule has 2 aromatic carbocycles. The third-order valence-electron chi connectivity index (χ3n) is 5.68. The highest BCUT2D eigenvalue weighted by Gasteiger charge is 2.31. The summed E-state index contributed by atoms with van der Waals surface area (Å²) in [6.45, 7) is 3.46. The van der Waals surface area contributed by atoms with E-state index in [0.29, 0.717) is 32.0 Å². The van der Waals surface area contributed by atoms with E-state index in [2.05, 4.69) is 9.88 Å². The number of aromatic hydroxyl groups is 1. The third kappa shape index (κ3) is 4.69. The smallest absolute Gasteiger partial charge is 0.417 e. The molecule has 0 aliphatic carbocycles. The van der Waals surface area contributed by atoms with E-state index in [0.717, 1.165) is 47.3 Å². The molecule has 0 radical (unpaired) electrons. The van der Waals surface area contributed by atoms with Crippen molar-refractivity contribution in [3.8, 4) is 11.5 Å². The van der Waals surface area contributed by atoms with Crippen LogP contribution in [0.25, 0.3) is 10.8 Å². The molecule has 1 fully saturated rings. The Hall–Kier alpha value is -3.00. The van der Waals surface area contributed by atoms with Gasteiger partial charge >= 0.3 is 6.18 Å². The maximum atomic E-state index is 12.8.